The molecule has 1 N–H and O–H groups in total. The molecule has 2 heteroatoms. The van der Waals surface area contributed by atoms with Crippen molar-refractivity contribution < 1.29 is 0 Å². The van der Waals surface area contributed by atoms with Crippen molar-refractivity contribution in [3.63, 3.8) is 0 Å². The fourth-order valence-electron chi connectivity index (χ4n) is 2.30. The van der Waals surface area contributed by atoms with Gasteiger partial charge in [0.05, 0.1) is 11.8 Å². The molecule has 86 valence electrons. The highest BCUT2D eigenvalue weighted by atomic mass is 14.8. The van der Waals surface area contributed by atoms with Gasteiger partial charge < -0.3 is 4.98 Å². The van der Waals surface area contributed by atoms with Crippen LogP contribution in [0, 0.1) is 6.92 Å². The van der Waals surface area contributed by atoms with E-state index < -0.39 is 0 Å². The lowest BCUT2D eigenvalue weighted by molar-refractivity contribution is 0.946. The first-order valence-electron chi connectivity index (χ1n) is 6.04. The van der Waals surface area contributed by atoms with Gasteiger partial charge in [-0.25, -0.2) is 0 Å². The molecule has 1 aliphatic heterocycles. The van der Waals surface area contributed by atoms with E-state index in [1.807, 2.05) is 0 Å². The van der Waals surface area contributed by atoms with Gasteiger partial charge in [0, 0.05) is 17.8 Å². The zero-order chi connectivity index (χ0) is 11.8. The van der Waals surface area contributed by atoms with E-state index in [-0.39, 0.29) is 0 Å². The summed E-state index contributed by atoms with van der Waals surface area (Å²) in [5.41, 5.74) is 6.26. The lowest BCUT2D eigenvalue weighted by Gasteiger charge is -2.03. The second-order valence-electron chi connectivity index (χ2n) is 4.73. The normalized spacial score (nSPS) is 22.7. The smallest absolute Gasteiger partial charge is 0.0662 e. The lowest BCUT2D eigenvalue weighted by Crippen LogP contribution is -1.97. The summed E-state index contributed by atoms with van der Waals surface area (Å²) < 4.78 is 0. The highest BCUT2D eigenvalue weighted by Gasteiger charge is 2.17. The van der Waals surface area contributed by atoms with Gasteiger partial charge in [-0.1, -0.05) is 18.2 Å². The van der Waals surface area contributed by atoms with Crippen molar-refractivity contribution in [2.45, 2.75) is 26.3 Å². The maximum absolute atomic E-state index is 4.60. The molecule has 3 rings (SSSR count). The molecule has 0 spiro atoms. The molecule has 2 heterocycles. The van der Waals surface area contributed by atoms with Crippen LogP contribution in [-0.2, 0) is 0 Å². The molecule has 17 heavy (non-hydrogen) atoms. The predicted molar refractivity (Wildman–Crippen MR) is 72.2 cm³/mol. The number of aromatic nitrogens is 1. The summed E-state index contributed by atoms with van der Waals surface area (Å²) in [5.74, 6) is 0. The van der Waals surface area contributed by atoms with Gasteiger partial charge in [0.1, 0.15) is 0 Å². The van der Waals surface area contributed by atoms with Gasteiger partial charge in [-0.2, -0.15) is 0 Å². The second-order valence-corrected chi connectivity index (χ2v) is 4.73. The van der Waals surface area contributed by atoms with Crippen LogP contribution in [0.3, 0.4) is 0 Å². The summed E-state index contributed by atoms with van der Waals surface area (Å²) in [6.07, 6.45) is 9.64. The molecule has 1 aliphatic carbocycles. The van der Waals surface area contributed by atoms with Crippen molar-refractivity contribution in [3.05, 3.63) is 53.4 Å². The molecule has 0 radical (unpaired) electrons. The summed E-state index contributed by atoms with van der Waals surface area (Å²) in [6, 6.07) is 4.60. The van der Waals surface area contributed by atoms with E-state index in [0.717, 1.165) is 12.1 Å². The van der Waals surface area contributed by atoms with Crippen molar-refractivity contribution >= 4 is 11.3 Å². The first kappa shape index (κ1) is 10.3. The van der Waals surface area contributed by atoms with E-state index in [2.05, 4.69) is 60.3 Å². The van der Waals surface area contributed by atoms with Crippen LogP contribution >= 0.6 is 0 Å². The fourth-order valence-corrected chi connectivity index (χ4v) is 2.30. The van der Waals surface area contributed by atoms with Gasteiger partial charge in [-0.15, -0.1) is 0 Å². The zero-order valence-electron chi connectivity index (χ0n) is 10.2. The van der Waals surface area contributed by atoms with E-state index in [0.29, 0.717) is 6.04 Å². The Kier molecular flexibility index (Phi) is 2.36. The molecule has 1 atom stereocenters. The number of nitrogens with one attached hydrogen (secondary N) is 1. The lowest BCUT2D eigenvalue weighted by atomic mass is 10.1. The van der Waals surface area contributed by atoms with E-state index in [1.54, 1.807) is 0 Å². The first-order chi connectivity index (χ1) is 8.22. The maximum atomic E-state index is 4.60. The Bertz CT molecular complexity index is 567. The highest BCUT2D eigenvalue weighted by molar-refractivity contribution is 6.12. The third-order valence-electron chi connectivity index (χ3n) is 3.25. The number of nitrogens with zero attached hydrogens (tertiary/aromatic N) is 1. The quantitative estimate of drug-likeness (QED) is 0.797. The van der Waals surface area contributed by atoms with Crippen molar-refractivity contribution in [2.24, 2.45) is 4.99 Å². The molecule has 0 amide bonds. The van der Waals surface area contributed by atoms with Crippen molar-refractivity contribution in [3.8, 4) is 0 Å². The minimum absolute atomic E-state index is 0.336. The van der Waals surface area contributed by atoms with Crippen molar-refractivity contribution in [2.75, 3.05) is 0 Å². The van der Waals surface area contributed by atoms with Gasteiger partial charge in [0.15, 0.2) is 0 Å². The van der Waals surface area contributed by atoms with Crippen LogP contribution in [-0.4, -0.2) is 16.7 Å². The predicted octanol–water partition coefficient (Wildman–Crippen LogP) is 3.44. The highest BCUT2D eigenvalue weighted by Crippen LogP contribution is 2.29. The Hall–Kier alpha value is -1.83. The van der Waals surface area contributed by atoms with Crippen LogP contribution in [0.25, 0.3) is 5.57 Å². The number of aliphatic imine (C=N–C) groups is 1. The average molecular weight is 224 g/mol. The van der Waals surface area contributed by atoms with Gasteiger partial charge in [0.2, 0.25) is 0 Å². The van der Waals surface area contributed by atoms with Gasteiger partial charge in [-0.05, 0) is 43.2 Å². The summed E-state index contributed by atoms with van der Waals surface area (Å²) in [6.45, 7) is 4.19. The van der Waals surface area contributed by atoms with Gasteiger partial charge in [0.25, 0.3) is 0 Å². The summed E-state index contributed by atoms with van der Waals surface area (Å²) in [5, 5.41) is 0. The molecule has 0 saturated carbocycles. The number of aromatic amines is 1. The van der Waals surface area contributed by atoms with Crippen molar-refractivity contribution in [1.29, 1.82) is 0 Å². The average Bonchev–Trinajstić information content (AvgIpc) is 2.96. The largest absolute Gasteiger partial charge is 0.359 e. The number of rotatable bonds is 2. The van der Waals surface area contributed by atoms with E-state index in [4.69, 9.17) is 0 Å². The summed E-state index contributed by atoms with van der Waals surface area (Å²) >= 11 is 0. The van der Waals surface area contributed by atoms with E-state index in [1.165, 1.54) is 22.5 Å². The van der Waals surface area contributed by atoms with Crippen LogP contribution in [0.15, 0.2) is 47.0 Å². The Morgan fingerprint density at radius 1 is 1.24 bits per heavy atom. The summed E-state index contributed by atoms with van der Waals surface area (Å²) in [4.78, 5) is 7.98. The third kappa shape index (κ3) is 1.91. The molecule has 1 unspecified atom stereocenters. The molecular weight excluding hydrogens is 208 g/mol. The molecule has 0 aromatic carbocycles. The molecule has 2 nitrogen and oxygen atoms in total. The molecule has 0 fully saturated rings. The van der Waals surface area contributed by atoms with Gasteiger partial charge in [-0.3, -0.25) is 4.99 Å². The Morgan fingerprint density at radius 2 is 2.06 bits per heavy atom. The number of hydrogen-bond donors (Lipinski definition) is 1. The molecule has 0 bridgehead atoms. The topological polar surface area (TPSA) is 28.1 Å². The molecule has 0 saturated heterocycles. The van der Waals surface area contributed by atoms with Gasteiger partial charge >= 0.3 is 0 Å². The Morgan fingerprint density at radius 3 is 2.71 bits per heavy atom. The van der Waals surface area contributed by atoms with Crippen molar-refractivity contribution in [1.82, 2.24) is 4.98 Å². The first-order valence-corrected chi connectivity index (χ1v) is 6.04. The number of allylic oxidation sites excluding steroid dienone is 5. The van der Waals surface area contributed by atoms with Crippen LogP contribution in [0.1, 0.15) is 24.7 Å². The van der Waals surface area contributed by atoms with Crippen LogP contribution in [0.5, 0.6) is 0 Å². The van der Waals surface area contributed by atoms with Crippen LogP contribution < -0.4 is 0 Å². The van der Waals surface area contributed by atoms with E-state index in [9.17, 15) is 0 Å². The standard InChI is InChI=1S/C15H16N2/c1-10-3-7-14(16-10)12-5-6-13(9-12)15-8-4-11(2)17-15/h3-8,10,17H,9H2,1-2H3. The Labute approximate surface area is 101 Å². The van der Waals surface area contributed by atoms with E-state index >= 15 is 0 Å². The molecule has 1 aromatic heterocycles. The minimum Gasteiger partial charge on any atom is -0.359 e. The fraction of sp³-hybridized carbons (Fsp3) is 0.267. The number of hydrogen-bond acceptors (Lipinski definition) is 1. The van der Waals surface area contributed by atoms with Crippen LogP contribution in [0.2, 0.25) is 0 Å². The maximum Gasteiger partial charge on any atom is 0.0662 e. The second kappa shape index (κ2) is 3.88. The minimum atomic E-state index is 0.336. The molecular formula is C15H16N2. The zero-order valence-corrected chi connectivity index (χ0v) is 10.2. The Balaban J connectivity index is 1.76. The van der Waals surface area contributed by atoms with Crippen LogP contribution in [0.4, 0.5) is 0 Å². The molecule has 1 aromatic rings. The summed E-state index contributed by atoms with van der Waals surface area (Å²) in [7, 11) is 0. The molecule has 2 aliphatic rings. The third-order valence-corrected chi connectivity index (χ3v) is 3.25. The SMILES string of the molecule is Cc1ccc(C2=CC=C(C3=NC(C)C=C3)C2)[nH]1. The number of H-pyrrole nitrogens is 1. The monoisotopic (exact) mass is 224 g/mol. The number of aryl methyl sites for hydroxylation is 1.